The Morgan fingerprint density at radius 1 is 0.375 bits per heavy atom. The number of phenolic OH excluding ortho intramolecular Hbond substituents is 1. The van der Waals surface area contributed by atoms with Gasteiger partial charge in [-0.15, -0.1) is 0 Å². The van der Waals surface area contributed by atoms with Gasteiger partial charge in [0.25, 0.3) is 0 Å². The van der Waals surface area contributed by atoms with Crippen molar-refractivity contribution >= 4 is 118 Å². The van der Waals surface area contributed by atoms with Crippen molar-refractivity contribution in [2.45, 2.75) is 96.9 Å². The van der Waals surface area contributed by atoms with Crippen LogP contribution in [-0.2, 0) is 32.7 Å². The Morgan fingerprint density at radius 2 is 0.700 bits per heavy atom. The molecule has 0 aliphatic rings. The molecule has 17 heteroatoms. The molecule has 1 radical (unpaired) electrons. The number of nitrogen functional groups attached to an aromatic ring is 1. The van der Waals surface area contributed by atoms with Crippen molar-refractivity contribution in [2.75, 3.05) is 5.73 Å². The van der Waals surface area contributed by atoms with E-state index in [2.05, 4.69) is 144 Å². The number of benzene rings is 6. The van der Waals surface area contributed by atoms with Crippen molar-refractivity contribution in [1.29, 1.82) is 0 Å². The van der Waals surface area contributed by atoms with E-state index in [9.17, 15) is 9.90 Å². The molecule has 12 rings (SSSR count). The predicted molar refractivity (Wildman–Crippen MR) is 338 cm³/mol. The molecule has 0 spiro atoms. The average molecular weight is 1120 g/mol. The van der Waals surface area contributed by atoms with E-state index in [1.165, 1.54) is 71.5 Å². The van der Waals surface area contributed by atoms with Crippen LogP contribution < -0.4 is 5.73 Å². The molecule has 6 heterocycles. The maximum absolute atomic E-state index is 11.1. The zero-order valence-corrected chi connectivity index (χ0v) is 51.4. The zero-order chi connectivity index (χ0) is 57.2. The van der Waals surface area contributed by atoms with E-state index in [1.807, 2.05) is 102 Å². The fourth-order valence-corrected chi connectivity index (χ4v) is 9.63. The van der Waals surface area contributed by atoms with Crippen molar-refractivity contribution < 1.29 is 47.7 Å². The first-order valence-corrected chi connectivity index (χ1v) is 26.4. The minimum atomic E-state index is -0.906. The number of nitrogens with two attached hydrogens (primary N) is 1. The summed E-state index contributed by atoms with van der Waals surface area (Å²) < 4.78 is 0. The number of fused-ring (bicyclic) bond motifs is 6. The first-order chi connectivity index (χ1) is 37.7. The predicted octanol–water partition coefficient (Wildman–Crippen LogP) is 12.7. The van der Waals surface area contributed by atoms with Crippen LogP contribution in [-0.4, -0.2) is 87.5 Å². The maximum atomic E-state index is 11.1. The first kappa shape index (κ1) is 62.3. The van der Waals surface area contributed by atoms with Crippen LogP contribution in [0.25, 0.3) is 64.8 Å². The molecule has 0 atom stereocenters. The second-order valence-corrected chi connectivity index (χ2v) is 20.3. The third-order valence-corrected chi connectivity index (χ3v) is 14.9. The van der Waals surface area contributed by atoms with Gasteiger partial charge >= 0.3 is 470 Å². The molecule has 0 fully saturated rings. The number of nitrogens with zero attached hydrogens (tertiary/aromatic N) is 6. The number of aromatic nitrogens is 6. The number of aromatic carboxylic acids is 1. The van der Waals surface area contributed by atoms with Crippen LogP contribution in [0.4, 0.5) is 5.69 Å². The number of carboxylic acid groups (broad SMARTS) is 1. The van der Waals surface area contributed by atoms with Gasteiger partial charge in [-0.25, -0.2) is 0 Å². The number of hydrogen-bond donors (Lipinski definition) is 3. The number of rotatable bonds is 1. The number of carbonyl (C=O) groups is 1. The summed E-state index contributed by atoms with van der Waals surface area (Å²) in [5.74, 6) is 10.9. The quantitative estimate of drug-likeness (QED) is 0.135. The largest absolute Gasteiger partial charge is 0 e. The van der Waals surface area contributed by atoms with Crippen molar-refractivity contribution in [3.63, 3.8) is 0 Å². The normalized spacial score (nSPS) is 10.2. The van der Waals surface area contributed by atoms with E-state index in [4.69, 9.17) is 10.8 Å². The van der Waals surface area contributed by atoms with E-state index < -0.39 is 5.97 Å². The molecule has 4 N–H and O–H groups in total. The minimum Gasteiger partial charge on any atom is 0 e. The van der Waals surface area contributed by atoms with Gasteiger partial charge in [-0.2, -0.15) is 0 Å². The molecule has 80 heavy (non-hydrogen) atoms. The van der Waals surface area contributed by atoms with Crippen molar-refractivity contribution in [1.82, 2.24) is 29.9 Å². The van der Waals surface area contributed by atoms with Crippen LogP contribution in [0.1, 0.15) is 88.2 Å². The number of aryl methyl sites for hydroxylation is 14. The standard InChI is InChI=1S/C11H10BNO2.2C11H12BN.C10H11BN2.C10H10BNO.C10H10BN.Y/c1-6-5-8(11(14)15)9-10(7(6)2)13-4-3-12-9;2*1-7-6-8(2)10-11(9(7)3)13-5-4-12-10;1-6-5-8(12)9-10(7(6)2)13-4-3-11-9;1-6-5-7(2)10(13)9-8(6)11-3-4-12-9;1-7-3-4-9-10(8(7)2)12-6-5-11-9;/h3-5H,1-2H3,(H,14,15);2*4-6H,1-3H3;3-5H,12H2,1-2H3;3-5,13H,1-2H3;3-6H,1-2H3;. The fraction of sp³-hybridized carbons (Fsp3) is 0.222. The monoisotopic (exact) mass is 1120 g/mol. The molecule has 0 saturated heterocycles. The molecule has 0 saturated carbocycles. The summed E-state index contributed by atoms with van der Waals surface area (Å²) in [7, 11) is 0. The van der Waals surface area contributed by atoms with Gasteiger partial charge < -0.3 is 0 Å². The topological polar surface area (TPSA) is 161 Å². The maximum Gasteiger partial charge on any atom is 0 e. The van der Waals surface area contributed by atoms with Crippen LogP contribution in [0.15, 0.2) is 115 Å². The van der Waals surface area contributed by atoms with Gasteiger partial charge in [-0.3, -0.25) is 0 Å². The summed E-state index contributed by atoms with van der Waals surface area (Å²) in [4.78, 5) is 36.9. The smallest absolute Gasteiger partial charge is 0 e. The number of carboxylic acids is 1. The van der Waals surface area contributed by atoms with Crippen molar-refractivity contribution in [3.8, 4) is 5.75 Å². The third kappa shape index (κ3) is 14.3. The van der Waals surface area contributed by atoms with Gasteiger partial charge in [0, 0.05) is 32.7 Å². The number of hydrogen-bond acceptors (Lipinski definition) is 9. The van der Waals surface area contributed by atoms with Crippen LogP contribution in [0.3, 0.4) is 0 Å². The molecule has 0 aliphatic carbocycles. The van der Waals surface area contributed by atoms with E-state index in [0.717, 1.165) is 66.1 Å². The van der Waals surface area contributed by atoms with Crippen LogP contribution >= 0.6 is 0 Å². The number of aromatic hydroxyl groups is 1. The Hall–Kier alpha value is -6.88. The first-order valence-electron chi connectivity index (χ1n) is 26.4. The Kier molecular flexibility index (Phi) is 21.8. The summed E-state index contributed by atoms with van der Waals surface area (Å²) in [5.41, 5.74) is 29.8. The second-order valence-electron chi connectivity index (χ2n) is 20.3. The Morgan fingerprint density at radius 3 is 1.16 bits per heavy atom. The molecule has 10 nitrogen and oxygen atoms in total. The minimum absolute atomic E-state index is 0. The summed E-state index contributed by atoms with van der Waals surface area (Å²) in [6.45, 7) is 41.0. The second kappa shape index (κ2) is 28.0. The summed E-state index contributed by atoms with van der Waals surface area (Å²) in [6, 6.07) is 14.4. The van der Waals surface area contributed by atoms with E-state index in [1.54, 1.807) is 37.5 Å². The van der Waals surface area contributed by atoms with Crippen molar-refractivity contribution in [2.24, 2.45) is 0 Å². The van der Waals surface area contributed by atoms with E-state index in [0.29, 0.717) is 22.1 Å². The van der Waals surface area contributed by atoms with Crippen LogP contribution in [0, 0.1) is 96.9 Å². The Labute approximate surface area is 499 Å². The molecule has 0 unspecified atom stereocenters. The Balaban J connectivity index is 0.000000155. The van der Waals surface area contributed by atoms with Crippen LogP contribution in [0.2, 0.25) is 0 Å². The zero-order valence-electron chi connectivity index (χ0n) is 48.6. The SMILES string of the molecule is Cc1cc(C(=O)O)c2bccnc2c1C.Cc1cc(C)c2bccnc2c1C.Cc1cc(C)c2bccnc2c1C.Cc1cc(C)c2bccnc2c1O.Cc1cc(N)c2bccnc2c1C.Cc1ccc2bccnc2c1C.[Y]. The van der Waals surface area contributed by atoms with E-state index in [-0.39, 0.29) is 32.7 Å². The van der Waals surface area contributed by atoms with E-state index >= 15 is 0 Å². The molecule has 0 bridgehead atoms. The van der Waals surface area contributed by atoms with Gasteiger partial charge in [0.15, 0.2) is 0 Å². The summed E-state index contributed by atoms with van der Waals surface area (Å²) in [6.07, 6.45) is 10.7. The fourth-order valence-electron chi connectivity index (χ4n) is 9.63. The third-order valence-electron chi connectivity index (χ3n) is 14.9. The Bertz CT molecular complexity index is 3890. The molecule has 6 aromatic carbocycles. The molecule has 12 aromatic rings. The molecule has 0 aliphatic heterocycles. The summed E-state index contributed by atoms with van der Waals surface area (Å²) in [5, 5.41) is 25.3. The van der Waals surface area contributed by atoms with Gasteiger partial charge in [-0.1, -0.05) is 0 Å². The van der Waals surface area contributed by atoms with Gasteiger partial charge in [0.1, 0.15) is 0 Å². The average Bonchev–Trinajstić information content (AvgIpc) is 3.52. The molecule has 6 aromatic heterocycles. The van der Waals surface area contributed by atoms with Gasteiger partial charge in [0.2, 0.25) is 0 Å². The number of phenols is 1. The summed E-state index contributed by atoms with van der Waals surface area (Å²) >= 11 is 0. The van der Waals surface area contributed by atoms with Gasteiger partial charge in [-0.05, 0) is 0 Å². The van der Waals surface area contributed by atoms with Gasteiger partial charge in [0.05, 0.1) is 0 Å². The molecular weight excluding hydrogens is 1060 g/mol. The van der Waals surface area contributed by atoms with Crippen molar-refractivity contribution in [3.05, 3.63) is 199 Å². The van der Waals surface area contributed by atoms with Crippen LogP contribution in [0.5, 0.6) is 5.75 Å². The molecule has 391 valence electrons. The number of anilines is 1. The molecular formula is C63H65B6N7O3Y. The molecule has 0 amide bonds.